The molecule has 0 radical (unpaired) electrons. The molecular formula is C20H25N3O4. The molecule has 2 rings (SSSR count). The number of benzene rings is 2. The minimum absolute atomic E-state index is 0.260. The molecular weight excluding hydrogens is 346 g/mol. The standard InChI is InChI=1S/C20H25N3O4/c1-14(21-3)22(4)16-7-9-17(10-8-16)23(15(2)24)27-20-12-18(25-5)11-19(13-20)26-6/h7-13H,1-6H3. The molecule has 0 spiro atoms. The number of aliphatic imine (C=N–C) groups is 1. The number of amides is 1. The first-order valence-corrected chi connectivity index (χ1v) is 8.38. The van der Waals surface area contributed by atoms with Gasteiger partial charge in [0.25, 0.3) is 5.91 Å². The predicted octanol–water partition coefficient (Wildman–Crippen LogP) is 3.54. The van der Waals surface area contributed by atoms with E-state index < -0.39 is 0 Å². The number of anilines is 2. The maximum atomic E-state index is 12.1. The molecule has 27 heavy (non-hydrogen) atoms. The molecule has 7 nitrogen and oxygen atoms in total. The van der Waals surface area contributed by atoms with Crippen LogP contribution in [0.3, 0.4) is 0 Å². The molecule has 7 heteroatoms. The minimum atomic E-state index is -0.260. The Kier molecular flexibility index (Phi) is 6.65. The Morgan fingerprint density at radius 2 is 1.37 bits per heavy atom. The monoisotopic (exact) mass is 371 g/mol. The summed E-state index contributed by atoms with van der Waals surface area (Å²) in [7, 11) is 6.78. The van der Waals surface area contributed by atoms with E-state index in [1.54, 1.807) is 39.5 Å². The molecule has 0 saturated heterocycles. The molecule has 0 N–H and O–H groups in total. The largest absolute Gasteiger partial charge is 0.496 e. The average Bonchev–Trinajstić information content (AvgIpc) is 2.70. The lowest BCUT2D eigenvalue weighted by atomic mass is 10.2. The molecule has 0 heterocycles. The summed E-state index contributed by atoms with van der Waals surface area (Å²) in [5.41, 5.74) is 1.56. The van der Waals surface area contributed by atoms with Crippen molar-refractivity contribution in [1.82, 2.24) is 0 Å². The molecule has 0 bridgehead atoms. The van der Waals surface area contributed by atoms with E-state index in [1.165, 1.54) is 12.0 Å². The molecule has 0 atom stereocenters. The van der Waals surface area contributed by atoms with E-state index in [-0.39, 0.29) is 5.91 Å². The van der Waals surface area contributed by atoms with E-state index in [0.29, 0.717) is 22.9 Å². The summed E-state index contributed by atoms with van der Waals surface area (Å²) in [4.78, 5) is 24.1. The quantitative estimate of drug-likeness (QED) is 0.442. The van der Waals surface area contributed by atoms with Crippen LogP contribution in [-0.4, -0.2) is 40.1 Å². The number of methoxy groups -OCH3 is 2. The van der Waals surface area contributed by atoms with Crippen molar-refractivity contribution < 1.29 is 19.1 Å². The number of carbonyl (C=O) groups excluding carboxylic acids is 1. The predicted molar refractivity (Wildman–Crippen MR) is 107 cm³/mol. The van der Waals surface area contributed by atoms with Gasteiger partial charge in [0.2, 0.25) is 0 Å². The lowest BCUT2D eigenvalue weighted by Gasteiger charge is -2.23. The number of hydrogen-bond donors (Lipinski definition) is 0. The van der Waals surface area contributed by atoms with Crippen molar-refractivity contribution in [2.24, 2.45) is 4.99 Å². The van der Waals surface area contributed by atoms with E-state index in [1.807, 2.05) is 43.1 Å². The molecule has 0 saturated carbocycles. The van der Waals surface area contributed by atoms with E-state index in [2.05, 4.69) is 4.99 Å². The number of nitrogens with zero attached hydrogens (tertiary/aromatic N) is 3. The first-order chi connectivity index (χ1) is 12.9. The van der Waals surface area contributed by atoms with Crippen molar-refractivity contribution in [1.29, 1.82) is 0 Å². The van der Waals surface area contributed by atoms with Gasteiger partial charge in [0.1, 0.15) is 11.5 Å². The molecule has 0 aliphatic rings. The zero-order chi connectivity index (χ0) is 20.0. The molecule has 0 aromatic heterocycles. The third-order valence-corrected chi connectivity index (χ3v) is 4.09. The zero-order valence-corrected chi connectivity index (χ0v) is 16.5. The molecule has 144 valence electrons. The summed E-state index contributed by atoms with van der Waals surface area (Å²) >= 11 is 0. The van der Waals surface area contributed by atoms with Gasteiger partial charge < -0.3 is 19.2 Å². The molecule has 2 aromatic carbocycles. The van der Waals surface area contributed by atoms with Crippen molar-refractivity contribution in [3.05, 3.63) is 42.5 Å². The van der Waals surface area contributed by atoms with E-state index in [0.717, 1.165) is 11.5 Å². The number of hydroxylamine groups is 1. The molecule has 0 aliphatic carbocycles. The van der Waals surface area contributed by atoms with Crippen molar-refractivity contribution >= 4 is 23.1 Å². The van der Waals surface area contributed by atoms with Crippen molar-refractivity contribution in [3.8, 4) is 17.2 Å². The van der Waals surface area contributed by atoms with Crippen LogP contribution in [0.25, 0.3) is 0 Å². The van der Waals surface area contributed by atoms with Crippen LogP contribution in [-0.2, 0) is 4.79 Å². The van der Waals surface area contributed by atoms with Gasteiger partial charge in [0, 0.05) is 44.9 Å². The Morgan fingerprint density at radius 1 is 0.889 bits per heavy atom. The van der Waals surface area contributed by atoms with Crippen LogP contribution in [0.2, 0.25) is 0 Å². The van der Waals surface area contributed by atoms with Gasteiger partial charge >= 0.3 is 0 Å². The highest BCUT2D eigenvalue weighted by Gasteiger charge is 2.16. The summed E-state index contributed by atoms with van der Waals surface area (Å²) in [6.45, 7) is 3.36. The molecule has 0 fully saturated rings. The van der Waals surface area contributed by atoms with Gasteiger partial charge in [-0.1, -0.05) is 0 Å². The lowest BCUT2D eigenvalue weighted by Crippen LogP contribution is -2.32. The van der Waals surface area contributed by atoms with Gasteiger partial charge in [-0.25, -0.2) is 0 Å². The highest BCUT2D eigenvalue weighted by Crippen LogP contribution is 2.29. The number of hydrogen-bond acceptors (Lipinski definition) is 5. The van der Waals surface area contributed by atoms with Gasteiger partial charge in [0.05, 0.1) is 25.7 Å². The molecule has 2 aromatic rings. The number of rotatable bonds is 6. The Balaban J connectivity index is 2.29. The smallest absolute Gasteiger partial charge is 0.256 e. The third-order valence-electron chi connectivity index (χ3n) is 4.09. The highest BCUT2D eigenvalue weighted by molar-refractivity contribution is 5.96. The highest BCUT2D eigenvalue weighted by atomic mass is 16.7. The summed E-state index contributed by atoms with van der Waals surface area (Å²) in [6.07, 6.45) is 0. The molecule has 0 aliphatic heterocycles. The van der Waals surface area contributed by atoms with E-state index >= 15 is 0 Å². The first kappa shape index (κ1) is 20.1. The van der Waals surface area contributed by atoms with Crippen LogP contribution < -0.4 is 24.3 Å². The van der Waals surface area contributed by atoms with Crippen LogP contribution in [0.15, 0.2) is 47.5 Å². The summed E-state index contributed by atoms with van der Waals surface area (Å²) < 4.78 is 10.5. The molecule has 1 amide bonds. The normalized spacial score (nSPS) is 11.0. The maximum absolute atomic E-state index is 12.1. The van der Waals surface area contributed by atoms with Crippen LogP contribution in [0.1, 0.15) is 13.8 Å². The first-order valence-electron chi connectivity index (χ1n) is 8.38. The maximum Gasteiger partial charge on any atom is 0.256 e. The number of amidine groups is 1. The van der Waals surface area contributed by atoms with Crippen molar-refractivity contribution in [2.45, 2.75) is 13.8 Å². The molecule has 0 unspecified atom stereocenters. The Hall–Kier alpha value is -3.22. The number of carbonyl (C=O) groups is 1. The topological polar surface area (TPSA) is 63.6 Å². The van der Waals surface area contributed by atoms with E-state index in [4.69, 9.17) is 14.3 Å². The van der Waals surface area contributed by atoms with Gasteiger partial charge in [-0.05, 0) is 31.2 Å². The van der Waals surface area contributed by atoms with Crippen LogP contribution in [0, 0.1) is 0 Å². The summed E-state index contributed by atoms with van der Waals surface area (Å²) in [6, 6.07) is 12.5. The average molecular weight is 371 g/mol. The van der Waals surface area contributed by atoms with Gasteiger partial charge in [-0.15, -0.1) is 5.06 Å². The zero-order valence-electron chi connectivity index (χ0n) is 16.5. The lowest BCUT2D eigenvalue weighted by molar-refractivity contribution is -0.120. The summed E-state index contributed by atoms with van der Waals surface area (Å²) in [5, 5.41) is 1.22. The van der Waals surface area contributed by atoms with Crippen molar-refractivity contribution in [3.63, 3.8) is 0 Å². The van der Waals surface area contributed by atoms with Gasteiger partial charge in [-0.3, -0.25) is 9.79 Å². The van der Waals surface area contributed by atoms with E-state index in [9.17, 15) is 4.79 Å². The minimum Gasteiger partial charge on any atom is -0.496 e. The second kappa shape index (κ2) is 8.93. The fourth-order valence-electron chi connectivity index (χ4n) is 2.39. The Labute approximate surface area is 159 Å². The van der Waals surface area contributed by atoms with Gasteiger partial charge in [0.15, 0.2) is 5.75 Å². The van der Waals surface area contributed by atoms with Crippen LogP contribution >= 0.6 is 0 Å². The second-order valence-electron chi connectivity index (χ2n) is 5.80. The van der Waals surface area contributed by atoms with Crippen LogP contribution in [0.4, 0.5) is 11.4 Å². The fraction of sp³-hybridized carbons (Fsp3) is 0.300. The van der Waals surface area contributed by atoms with Crippen molar-refractivity contribution in [2.75, 3.05) is 38.3 Å². The summed E-state index contributed by atoms with van der Waals surface area (Å²) in [5.74, 6) is 2.19. The third kappa shape index (κ3) is 4.91. The second-order valence-corrected chi connectivity index (χ2v) is 5.80. The Bertz CT molecular complexity index is 796. The van der Waals surface area contributed by atoms with Gasteiger partial charge in [-0.2, -0.15) is 0 Å². The fourth-order valence-corrected chi connectivity index (χ4v) is 2.39. The van der Waals surface area contributed by atoms with Crippen LogP contribution in [0.5, 0.6) is 17.2 Å². The Morgan fingerprint density at radius 3 is 1.81 bits per heavy atom. The SMILES string of the molecule is CN=C(C)N(C)c1ccc(N(Oc2cc(OC)cc(OC)c2)C(C)=O)cc1. The number of ether oxygens (including phenoxy) is 2.